The summed E-state index contributed by atoms with van der Waals surface area (Å²) in [7, 11) is 0. The van der Waals surface area contributed by atoms with Crippen molar-refractivity contribution in [1.29, 1.82) is 0 Å². The highest BCUT2D eigenvalue weighted by Gasteiger charge is 2.56. The second-order valence-corrected chi connectivity index (χ2v) is 7.37. The molecule has 1 fully saturated rings. The van der Waals surface area contributed by atoms with Crippen LogP contribution in [-0.4, -0.2) is 68.9 Å². The molecule has 3 rings (SSSR count). The molecule has 0 radical (unpaired) electrons. The van der Waals surface area contributed by atoms with E-state index in [1.54, 1.807) is 24.3 Å². The van der Waals surface area contributed by atoms with Crippen LogP contribution in [0.3, 0.4) is 0 Å². The number of para-hydroxylation sites is 1. The maximum atomic E-state index is 11.3. The van der Waals surface area contributed by atoms with Gasteiger partial charge in [-0.2, -0.15) is 0 Å². The minimum absolute atomic E-state index is 0.0266. The summed E-state index contributed by atoms with van der Waals surface area (Å²) in [4.78, 5) is 0. The van der Waals surface area contributed by atoms with Gasteiger partial charge in [0.05, 0.1) is 6.61 Å². The summed E-state index contributed by atoms with van der Waals surface area (Å²) in [5.74, 6) is 0.426. The lowest BCUT2D eigenvalue weighted by molar-refractivity contribution is -0.320. The van der Waals surface area contributed by atoms with Crippen molar-refractivity contribution >= 4 is 0 Å². The van der Waals surface area contributed by atoms with Crippen LogP contribution in [0.5, 0.6) is 5.75 Å². The topological polar surface area (TPSA) is 120 Å². The zero-order valence-electron chi connectivity index (χ0n) is 16.1. The van der Waals surface area contributed by atoms with E-state index in [2.05, 4.69) is 0 Å². The average molecular weight is 404 g/mol. The molecule has 158 valence electrons. The molecular weight excluding hydrogens is 376 g/mol. The molecule has 0 aromatic heterocycles. The van der Waals surface area contributed by atoms with Crippen LogP contribution in [0, 0.1) is 0 Å². The number of aliphatic hydroxyl groups is 5. The first-order valence-corrected chi connectivity index (χ1v) is 9.73. The summed E-state index contributed by atoms with van der Waals surface area (Å²) in [5, 5.41) is 50.7. The summed E-state index contributed by atoms with van der Waals surface area (Å²) in [6.45, 7) is -0.407. The molecule has 1 heterocycles. The molecule has 7 nitrogen and oxygen atoms in total. The third-order valence-electron chi connectivity index (χ3n) is 5.22. The SMILES string of the molecule is OCCCc1ccc(C[C@]2(O)[C@H](Oc3ccccc3)O[C@H](CO)[C@@H](O)[C@@H]2O)cc1. The molecule has 0 bridgehead atoms. The van der Waals surface area contributed by atoms with Crippen molar-refractivity contribution in [1.82, 2.24) is 0 Å². The van der Waals surface area contributed by atoms with Crippen molar-refractivity contribution in [3.05, 3.63) is 65.7 Å². The van der Waals surface area contributed by atoms with Gasteiger partial charge in [0.15, 0.2) is 5.60 Å². The molecule has 2 aromatic carbocycles. The van der Waals surface area contributed by atoms with Gasteiger partial charge in [0.2, 0.25) is 6.29 Å². The first-order chi connectivity index (χ1) is 14.0. The number of hydrogen-bond donors (Lipinski definition) is 5. The second kappa shape index (κ2) is 9.67. The number of aliphatic hydroxyl groups excluding tert-OH is 4. The van der Waals surface area contributed by atoms with Crippen LogP contribution in [0.15, 0.2) is 54.6 Å². The largest absolute Gasteiger partial charge is 0.462 e. The number of benzene rings is 2. The van der Waals surface area contributed by atoms with E-state index in [4.69, 9.17) is 14.6 Å². The fraction of sp³-hybridized carbons (Fsp3) is 0.455. The van der Waals surface area contributed by atoms with Crippen molar-refractivity contribution < 1.29 is 35.0 Å². The Hall–Kier alpha value is -2.00. The van der Waals surface area contributed by atoms with E-state index in [1.165, 1.54) is 0 Å². The fourth-order valence-corrected chi connectivity index (χ4v) is 3.52. The van der Waals surface area contributed by atoms with E-state index in [1.807, 2.05) is 30.3 Å². The van der Waals surface area contributed by atoms with Gasteiger partial charge in [0, 0.05) is 13.0 Å². The van der Waals surface area contributed by atoms with Gasteiger partial charge in [0.25, 0.3) is 0 Å². The van der Waals surface area contributed by atoms with Gasteiger partial charge in [-0.05, 0) is 36.1 Å². The number of hydrogen-bond acceptors (Lipinski definition) is 7. The second-order valence-electron chi connectivity index (χ2n) is 7.37. The van der Waals surface area contributed by atoms with Crippen LogP contribution in [-0.2, 0) is 17.6 Å². The van der Waals surface area contributed by atoms with Crippen LogP contribution in [0.25, 0.3) is 0 Å². The van der Waals surface area contributed by atoms with E-state index in [0.29, 0.717) is 12.2 Å². The van der Waals surface area contributed by atoms with Crippen LogP contribution in [0.2, 0.25) is 0 Å². The predicted octanol–water partition coefficient (Wildman–Crippen LogP) is 0.403. The van der Waals surface area contributed by atoms with Crippen molar-refractivity contribution in [3.8, 4) is 5.75 Å². The number of ether oxygens (including phenoxy) is 2. The minimum Gasteiger partial charge on any atom is -0.462 e. The molecule has 29 heavy (non-hydrogen) atoms. The van der Waals surface area contributed by atoms with E-state index in [-0.39, 0.29) is 13.0 Å². The van der Waals surface area contributed by atoms with Gasteiger partial charge in [-0.25, -0.2) is 0 Å². The average Bonchev–Trinajstić information content (AvgIpc) is 2.75. The molecule has 0 unspecified atom stereocenters. The van der Waals surface area contributed by atoms with Crippen molar-refractivity contribution in [2.24, 2.45) is 0 Å². The molecule has 0 spiro atoms. The molecule has 1 aliphatic heterocycles. The Kier molecular flexibility index (Phi) is 7.23. The molecule has 0 aliphatic carbocycles. The lowest BCUT2D eigenvalue weighted by Gasteiger charge is -2.47. The number of aryl methyl sites for hydroxylation is 1. The molecule has 0 amide bonds. The third-order valence-corrected chi connectivity index (χ3v) is 5.22. The van der Waals surface area contributed by atoms with Gasteiger partial charge in [0.1, 0.15) is 24.1 Å². The van der Waals surface area contributed by atoms with Crippen LogP contribution < -0.4 is 4.74 Å². The molecule has 2 aromatic rings. The molecule has 5 atom stereocenters. The third kappa shape index (κ3) is 4.95. The van der Waals surface area contributed by atoms with Crippen molar-refractivity contribution in [2.75, 3.05) is 13.2 Å². The maximum absolute atomic E-state index is 11.3. The molecule has 0 saturated carbocycles. The Morgan fingerprint density at radius 3 is 2.21 bits per heavy atom. The highest BCUT2D eigenvalue weighted by Crippen LogP contribution is 2.34. The van der Waals surface area contributed by atoms with Crippen molar-refractivity contribution in [3.63, 3.8) is 0 Å². The van der Waals surface area contributed by atoms with Gasteiger partial charge in [-0.1, -0.05) is 42.5 Å². The zero-order valence-corrected chi connectivity index (χ0v) is 16.1. The van der Waals surface area contributed by atoms with E-state index in [0.717, 1.165) is 17.5 Å². The minimum atomic E-state index is -1.94. The number of rotatable bonds is 8. The standard InChI is InChI=1S/C22H28O7/c23-12-4-5-15-8-10-16(11-9-15)13-22(27)20(26)19(25)18(14-24)29-21(22)28-17-6-2-1-3-7-17/h1-3,6-11,18-21,23-27H,4-5,12-14H2/t18-,19-,20+,21-,22-/m1/s1. The summed E-state index contributed by atoms with van der Waals surface area (Å²) in [6, 6.07) is 16.1. The summed E-state index contributed by atoms with van der Waals surface area (Å²) in [5.41, 5.74) is -0.167. The monoisotopic (exact) mass is 404 g/mol. The Bertz CT molecular complexity index is 752. The van der Waals surface area contributed by atoms with Gasteiger partial charge in [-0.3, -0.25) is 0 Å². The summed E-state index contributed by atoms with van der Waals surface area (Å²) < 4.78 is 11.4. The first-order valence-electron chi connectivity index (χ1n) is 9.73. The summed E-state index contributed by atoms with van der Waals surface area (Å²) in [6.07, 6.45) is -4.06. The highest BCUT2D eigenvalue weighted by molar-refractivity contribution is 5.26. The molecule has 5 N–H and O–H groups in total. The van der Waals surface area contributed by atoms with Crippen LogP contribution in [0.4, 0.5) is 0 Å². The van der Waals surface area contributed by atoms with Gasteiger partial charge < -0.3 is 35.0 Å². The van der Waals surface area contributed by atoms with Gasteiger partial charge in [-0.15, -0.1) is 0 Å². The van der Waals surface area contributed by atoms with E-state index in [9.17, 15) is 20.4 Å². The van der Waals surface area contributed by atoms with Crippen molar-refractivity contribution in [2.45, 2.75) is 49.5 Å². The van der Waals surface area contributed by atoms with Gasteiger partial charge >= 0.3 is 0 Å². The zero-order chi connectivity index (χ0) is 20.9. The van der Waals surface area contributed by atoms with E-state index < -0.39 is 36.8 Å². The lowest BCUT2D eigenvalue weighted by atomic mass is 9.81. The summed E-state index contributed by atoms with van der Waals surface area (Å²) >= 11 is 0. The normalized spacial score (nSPS) is 29.6. The molecule has 7 heteroatoms. The molecule has 1 aliphatic rings. The Morgan fingerprint density at radius 2 is 1.59 bits per heavy atom. The van der Waals surface area contributed by atoms with E-state index >= 15 is 0 Å². The molecular formula is C22H28O7. The van der Waals surface area contributed by atoms with Crippen LogP contribution in [0.1, 0.15) is 17.5 Å². The predicted molar refractivity (Wildman–Crippen MR) is 105 cm³/mol. The lowest BCUT2D eigenvalue weighted by Crippen LogP contribution is -2.68. The maximum Gasteiger partial charge on any atom is 0.232 e. The fourth-order valence-electron chi connectivity index (χ4n) is 3.52. The first kappa shape index (κ1) is 21.7. The smallest absolute Gasteiger partial charge is 0.232 e. The highest BCUT2D eigenvalue weighted by atomic mass is 16.7. The Balaban J connectivity index is 1.83. The Morgan fingerprint density at radius 1 is 0.931 bits per heavy atom. The quantitative estimate of drug-likeness (QED) is 0.432. The Labute approximate surface area is 169 Å². The molecule has 1 saturated heterocycles. The van der Waals surface area contributed by atoms with Crippen LogP contribution >= 0.6 is 0 Å².